The second-order valence-corrected chi connectivity index (χ2v) is 12.8. The zero-order valence-corrected chi connectivity index (χ0v) is 23.6. The fourth-order valence-corrected chi connectivity index (χ4v) is 7.43. The van der Waals surface area contributed by atoms with Crippen molar-refractivity contribution in [3.63, 3.8) is 0 Å². The Morgan fingerprint density at radius 2 is 1.59 bits per heavy atom. The molecule has 0 aromatic heterocycles. The van der Waals surface area contributed by atoms with Crippen molar-refractivity contribution in [3.8, 4) is 0 Å². The fraction of sp³-hybridized carbons (Fsp3) is 0.733. The Labute approximate surface area is 228 Å². The fourth-order valence-electron chi connectivity index (χ4n) is 7.30. The summed E-state index contributed by atoms with van der Waals surface area (Å²) in [5.74, 6) is 0.173. The van der Waals surface area contributed by atoms with E-state index < -0.39 is 5.54 Å². The van der Waals surface area contributed by atoms with Crippen LogP contribution < -0.4 is 5.32 Å². The minimum Gasteiger partial charge on any atom is -0.329 e. The summed E-state index contributed by atoms with van der Waals surface area (Å²) < 4.78 is 0. The SMILES string of the molecule is CC(C)N1CC(=O)N(Cc2ccc(Cl)cc2)C2(CN(C3CCNC4(CCCCCCCCC4)C3)C2)C1=O. The van der Waals surface area contributed by atoms with Crippen LogP contribution in [0.4, 0.5) is 0 Å². The quantitative estimate of drug-likeness (QED) is 0.598. The van der Waals surface area contributed by atoms with E-state index in [1.165, 1.54) is 57.8 Å². The van der Waals surface area contributed by atoms with E-state index in [0.29, 0.717) is 30.7 Å². The summed E-state index contributed by atoms with van der Waals surface area (Å²) in [6.45, 7) is 7.00. The molecule has 1 aliphatic carbocycles. The van der Waals surface area contributed by atoms with E-state index >= 15 is 0 Å². The highest BCUT2D eigenvalue weighted by Gasteiger charge is 2.61. The number of piperazine rings is 1. The van der Waals surface area contributed by atoms with Crippen LogP contribution in [0, 0.1) is 0 Å². The van der Waals surface area contributed by atoms with Crippen LogP contribution in [0.25, 0.3) is 0 Å². The van der Waals surface area contributed by atoms with E-state index in [1.54, 1.807) is 4.90 Å². The number of amides is 2. The first-order valence-corrected chi connectivity index (χ1v) is 15.0. The van der Waals surface area contributed by atoms with Crippen LogP contribution >= 0.6 is 11.6 Å². The summed E-state index contributed by atoms with van der Waals surface area (Å²) in [7, 11) is 0. The van der Waals surface area contributed by atoms with Gasteiger partial charge in [0.25, 0.3) is 5.91 Å². The van der Waals surface area contributed by atoms with Crippen molar-refractivity contribution < 1.29 is 9.59 Å². The Morgan fingerprint density at radius 1 is 0.973 bits per heavy atom. The highest BCUT2D eigenvalue weighted by molar-refractivity contribution is 6.30. The van der Waals surface area contributed by atoms with Crippen LogP contribution in [-0.4, -0.2) is 75.9 Å². The van der Waals surface area contributed by atoms with Gasteiger partial charge in [-0.15, -0.1) is 0 Å². The molecule has 0 bridgehead atoms. The van der Waals surface area contributed by atoms with Crippen molar-refractivity contribution in [1.29, 1.82) is 0 Å². The number of nitrogens with one attached hydrogen (secondary N) is 1. The van der Waals surface area contributed by atoms with Crippen molar-refractivity contribution in [2.75, 3.05) is 26.2 Å². The van der Waals surface area contributed by atoms with Gasteiger partial charge in [0.15, 0.2) is 0 Å². The third kappa shape index (κ3) is 5.58. The normalized spacial score (nSPS) is 27.1. The largest absolute Gasteiger partial charge is 0.329 e. The molecular weight excluding hydrogens is 484 g/mol. The van der Waals surface area contributed by atoms with E-state index in [-0.39, 0.29) is 29.9 Å². The van der Waals surface area contributed by atoms with Gasteiger partial charge in [-0.05, 0) is 63.8 Å². The van der Waals surface area contributed by atoms with Gasteiger partial charge in [-0.2, -0.15) is 0 Å². The molecule has 5 rings (SSSR count). The Bertz CT molecular complexity index is 949. The molecule has 1 aromatic carbocycles. The summed E-state index contributed by atoms with van der Waals surface area (Å²) in [4.78, 5) is 33.6. The number of carbonyl (C=O) groups is 2. The number of rotatable bonds is 4. The van der Waals surface area contributed by atoms with Crippen LogP contribution in [0.2, 0.25) is 5.02 Å². The number of likely N-dealkylation sites (tertiary alicyclic amines) is 1. The molecule has 0 radical (unpaired) electrons. The third-order valence-corrected chi connectivity index (χ3v) is 9.77. The number of halogens is 1. The molecule has 3 aliphatic heterocycles. The Kier molecular flexibility index (Phi) is 8.18. The summed E-state index contributed by atoms with van der Waals surface area (Å²) in [5.41, 5.74) is 0.499. The van der Waals surface area contributed by atoms with E-state index in [2.05, 4.69) is 10.2 Å². The van der Waals surface area contributed by atoms with Crippen LogP contribution in [0.15, 0.2) is 24.3 Å². The molecule has 3 saturated heterocycles. The second kappa shape index (κ2) is 11.2. The summed E-state index contributed by atoms with van der Waals surface area (Å²) in [6.07, 6.45) is 14.3. The van der Waals surface area contributed by atoms with E-state index in [9.17, 15) is 9.59 Å². The number of piperidine rings is 1. The first kappa shape index (κ1) is 27.0. The standard InChI is InChI=1S/C30H45ClN4O2/c1-23(2)34-20-27(36)35(19-24-10-12-25(31)13-11-24)30(28(34)37)21-33(22-30)26-14-17-32-29(18-26)15-8-6-4-3-5-7-9-16-29/h10-13,23,26,32H,3-9,14-22H2,1-2H3. The van der Waals surface area contributed by atoms with Crippen molar-refractivity contribution in [1.82, 2.24) is 20.0 Å². The maximum atomic E-state index is 13.9. The highest BCUT2D eigenvalue weighted by atomic mass is 35.5. The molecule has 1 aromatic rings. The average Bonchev–Trinajstić information content (AvgIpc) is 2.85. The average molecular weight is 529 g/mol. The maximum Gasteiger partial charge on any atom is 0.251 e. The van der Waals surface area contributed by atoms with Gasteiger partial charge >= 0.3 is 0 Å². The monoisotopic (exact) mass is 528 g/mol. The van der Waals surface area contributed by atoms with Gasteiger partial charge in [0.2, 0.25) is 5.91 Å². The molecule has 1 unspecified atom stereocenters. The van der Waals surface area contributed by atoms with Gasteiger partial charge in [-0.1, -0.05) is 68.7 Å². The zero-order valence-electron chi connectivity index (χ0n) is 22.8. The topological polar surface area (TPSA) is 55.9 Å². The molecule has 7 heteroatoms. The van der Waals surface area contributed by atoms with Crippen molar-refractivity contribution >= 4 is 23.4 Å². The van der Waals surface area contributed by atoms with Crippen LogP contribution in [0.5, 0.6) is 0 Å². The Balaban J connectivity index is 1.33. The first-order valence-electron chi connectivity index (χ1n) is 14.7. The molecule has 1 saturated carbocycles. The van der Waals surface area contributed by atoms with Crippen molar-refractivity contribution in [2.24, 2.45) is 0 Å². The molecule has 204 valence electrons. The highest BCUT2D eigenvalue weighted by Crippen LogP contribution is 2.41. The lowest BCUT2D eigenvalue weighted by atomic mass is 9.74. The Hall–Kier alpha value is -1.63. The van der Waals surface area contributed by atoms with Gasteiger partial charge in [0.1, 0.15) is 12.1 Å². The predicted octanol–water partition coefficient (Wildman–Crippen LogP) is 4.99. The lowest BCUT2D eigenvalue weighted by Crippen LogP contribution is -2.82. The van der Waals surface area contributed by atoms with Crippen molar-refractivity contribution in [3.05, 3.63) is 34.9 Å². The van der Waals surface area contributed by atoms with E-state index in [4.69, 9.17) is 11.6 Å². The lowest BCUT2D eigenvalue weighted by Gasteiger charge is -2.61. The molecule has 6 nitrogen and oxygen atoms in total. The molecule has 1 atom stereocenters. The third-order valence-electron chi connectivity index (χ3n) is 9.52. The van der Waals surface area contributed by atoms with E-state index in [1.807, 2.05) is 43.0 Å². The minimum atomic E-state index is -0.756. The number of hydrogen-bond acceptors (Lipinski definition) is 4. The van der Waals surface area contributed by atoms with Gasteiger partial charge in [-0.3, -0.25) is 14.5 Å². The van der Waals surface area contributed by atoms with E-state index in [0.717, 1.165) is 24.9 Å². The molecule has 3 heterocycles. The molecule has 4 aliphatic rings. The maximum absolute atomic E-state index is 13.9. The lowest BCUT2D eigenvalue weighted by molar-refractivity contribution is -0.185. The zero-order chi connectivity index (χ0) is 26.0. The van der Waals surface area contributed by atoms with Crippen LogP contribution in [0.1, 0.15) is 90.0 Å². The minimum absolute atomic E-state index is 0.0187. The van der Waals surface area contributed by atoms with Gasteiger partial charge in [-0.25, -0.2) is 0 Å². The molecular formula is C30H45ClN4O2. The number of hydrogen-bond donors (Lipinski definition) is 1. The summed E-state index contributed by atoms with van der Waals surface area (Å²) in [5, 5.41) is 4.64. The number of nitrogens with zero attached hydrogens (tertiary/aromatic N) is 3. The summed E-state index contributed by atoms with van der Waals surface area (Å²) >= 11 is 6.10. The molecule has 4 fully saturated rings. The van der Waals surface area contributed by atoms with Crippen LogP contribution in [0.3, 0.4) is 0 Å². The van der Waals surface area contributed by atoms with Crippen molar-refractivity contribution in [2.45, 2.75) is 114 Å². The molecule has 2 spiro atoms. The number of benzene rings is 1. The molecule has 1 N–H and O–H groups in total. The molecule has 37 heavy (non-hydrogen) atoms. The summed E-state index contributed by atoms with van der Waals surface area (Å²) in [6, 6.07) is 8.15. The number of carbonyl (C=O) groups excluding carboxylic acids is 2. The van der Waals surface area contributed by atoms with Gasteiger partial charge < -0.3 is 15.1 Å². The first-order chi connectivity index (χ1) is 17.8. The smallest absolute Gasteiger partial charge is 0.251 e. The molecule has 2 amide bonds. The second-order valence-electron chi connectivity index (χ2n) is 12.4. The van der Waals surface area contributed by atoms with Crippen LogP contribution in [-0.2, 0) is 16.1 Å². The Morgan fingerprint density at radius 3 is 2.22 bits per heavy atom. The van der Waals surface area contributed by atoms with Gasteiger partial charge in [0, 0.05) is 42.3 Å². The predicted molar refractivity (Wildman–Crippen MR) is 148 cm³/mol. The van der Waals surface area contributed by atoms with Gasteiger partial charge in [0.05, 0.1) is 0 Å².